The first-order valence-electron chi connectivity index (χ1n) is 7.36. The van der Waals surface area contributed by atoms with E-state index in [4.69, 9.17) is 0 Å². The Bertz CT molecular complexity index is 565. The second-order valence-electron chi connectivity index (χ2n) is 5.96. The van der Waals surface area contributed by atoms with E-state index < -0.39 is 10.0 Å². The number of sulfonamides is 1. The summed E-state index contributed by atoms with van der Waals surface area (Å²) in [6, 6.07) is 7.39. The molecule has 0 heterocycles. The molecule has 2 fully saturated rings. The number of benzene rings is 1. The predicted molar refractivity (Wildman–Crippen MR) is 78.8 cm³/mol. The van der Waals surface area contributed by atoms with Crippen LogP contribution >= 0.6 is 0 Å². The van der Waals surface area contributed by atoms with Gasteiger partial charge in [-0.05, 0) is 56.2 Å². The number of hydrogen-bond donors (Lipinski definition) is 2. The van der Waals surface area contributed by atoms with Crippen molar-refractivity contribution in [2.75, 3.05) is 7.05 Å². The molecule has 2 N–H and O–H groups in total. The zero-order valence-electron chi connectivity index (χ0n) is 11.8. The average molecular weight is 294 g/mol. The first kappa shape index (κ1) is 14.0. The van der Waals surface area contributed by atoms with Crippen molar-refractivity contribution in [2.45, 2.75) is 43.2 Å². The molecule has 2 aliphatic carbocycles. The van der Waals surface area contributed by atoms with Gasteiger partial charge in [0.05, 0.1) is 4.90 Å². The van der Waals surface area contributed by atoms with Gasteiger partial charge in [0.1, 0.15) is 0 Å². The van der Waals surface area contributed by atoms with E-state index >= 15 is 0 Å². The van der Waals surface area contributed by atoms with Gasteiger partial charge in [0.2, 0.25) is 10.0 Å². The largest absolute Gasteiger partial charge is 0.316 e. The summed E-state index contributed by atoms with van der Waals surface area (Å²) in [5.41, 5.74) is 0.827. The van der Waals surface area contributed by atoms with Gasteiger partial charge in [-0.1, -0.05) is 18.2 Å². The second-order valence-corrected chi connectivity index (χ2v) is 7.64. The molecule has 0 bridgehead atoms. The summed E-state index contributed by atoms with van der Waals surface area (Å²) in [5, 5.41) is 3.03. The van der Waals surface area contributed by atoms with Crippen LogP contribution in [0.1, 0.15) is 31.2 Å². The minimum atomic E-state index is -3.41. The molecule has 0 aromatic heterocycles. The molecular weight excluding hydrogens is 272 g/mol. The molecule has 1 aromatic rings. The van der Waals surface area contributed by atoms with Crippen molar-refractivity contribution >= 4 is 10.0 Å². The van der Waals surface area contributed by atoms with Crippen molar-refractivity contribution in [1.82, 2.24) is 10.0 Å². The standard InChI is InChI=1S/C15H22N2O2S/c1-16-10-13-4-2-3-5-14(13)20(18,19)17-15(11-6-7-11)12-8-9-12/h2-5,11-12,15-17H,6-10H2,1H3. The monoisotopic (exact) mass is 294 g/mol. The van der Waals surface area contributed by atoms with Crippen molar-refractivity contribution in [3.05, 3.63) is 29.8 Å². The van der Waals surface area contributed by atoms with Crippen LogP contribution in [0.25, 0.3) is 0 Å². The molecule has 110 valence electrons. The Hall–Kier alpha value is -0.910. The van der Waals surface area contributed by atoms with Gasteiger partial charge in [-0.25, -0.2) is 13.1 Å². The first-order chi connectivity index (χ1) is 9.62. The van der Waals surface area contributed by atoms with Gasteiger partial charge in [-0.2, -0.15) is 0 Å². The Labute approximate surface area is 121 Å². The van der Waals surface area contributed by atoms with Crippen molar-refractivity contribution < 1.29 is 8.42 Å². The second kappa shape index (κ2) is 5.47. The lowest BCUT2D eigenvalue weighted by Crippen LogP contribution is -2.38. The van der Waals surface area contributed by atoms with E-state index in [9.17, 15) is 8.42 Å². The maximum Gasteiger partial charge on any atom is 0.241 e. The molecule has 0 spiro atoms. The molecule has 2 aliphatic rings. The third-order valence-electron chi connectivity index (χ3n) is 4.18. The molecule has 0 aliphatic heterocycles. The van der Waals surface area contributed by atoms with Crippen LogP contribution in [0.2, 0.25) is 0 Å². The fourth-order valence-electron chi connectivity index (χ4n) is 2.83. The lowest BCUT2D eigenvalue weighted by molar-refractivity contribution is 0.471. The minimum absolute atomic E-state index is 0.155. The van der Waals surface area contributed by atoms with Gasteiger partial charge in [0, 0.05) is 12.6 Å². The van der Waals surface area contributed by atoms with E-state index in [1.54, 1.807) is 12.1 Å². The normalized spacial score (nSPS) is 19.5. The molecule has 0 radical (unpaired) electrons. The zero-order chi connectivity index (χ0) is 14.2. The van der Waals surface area contributed by atoms with Gasteiger partial charge < -0.3 is 5.32 Å². The lowest BCUT2D eigenvalue weighted by atomic mass is 10.1. The molecule has 1 aromatic carbocycles. The van der Waals surface area contributed by atoms with Crippen molar-refractivity contribution in [1.29, 1.82) is 0 Å². The van der Waals surface area contributed by atoms with Gasteiger partial charge in [-0.3, -0.25) is 0 Å². The molecule has 5 heteroatoms. The molecule has 3 rings (SSSR count). The Morgan fingerprint density at radius 1 is 1.15 bits per heavy atom. The van der Waals surface area contributed by atoms with E-state index in [0.29, 0.717) is 23.3 Å². The van der Waals surface area contributed by atoms with Gasteiger partial charge in [0.25, 0.3) is 0 Å². The van der Waals surface area contributed by atoms with E-state index in [-0.39, 0.29) is 6.04 Å². The summed E-state index contributed by atoms with van der Waals surface area (Å²) in [7, 11) is -1.58. The molecule has 0 atom stereocenters. The third kappa shape index (κ3) is 3.05. The van der Waals surface area contributed by atoms with E-state index in [0.717, 1.165) is 5.56 Å². The molecule has 0 amide bonds. The molecule has 2 saturated carbocycles. The smallest absolute Gasteiger partial charge is 0.241 e. The quantitative estimate of drug-likeness (QED) is 0.807. The summed E-state index contributed by atoms with van der Waals surface area (Å²) in [6.07, 6.45) is 4.67. The third-order valence-corrected chi connectivity index (χ3v) is 5.74. The Morgan fingerprint density at radius 3 is 2.30 bits per heavy atom. The maximum absolute atomic E-state index is 12.7. The average Bonchev–Trinajstić information content (AvgIpc) is 3.29. The van der Waals surface area contributed by atoms with Gasteiger partial charge in [0.15, 0.2) is 0 Å². The fourth-order valence-corrected chi connectivity index (χ4v) is 4.45. The van der Waals surface area contributed by atoms with Crippen LogP contribution in [-0.2, 0) is 16.6 Å². The summed E-state index contributed by atoms with van der Waals surface area (Å²) in [4.78, 5) is 0.417. The summed E-state index contributed by atoms with van der Waals surface area (Å²) in [5.74, 6) is 1.13. The van der Waals surface area contributed by atoms with Crippen molar-refractivity contribution in [3.8, 4) is 0 Å². The highest BCUT2D eigenvalue weighted by molar-refractivity contribution is 7.89. The SMILES string of the molecule is CNCc1ccccc1S(=O)(=O)NC(C1CC1)C1CC1. The number of rotatable bonds is 7. The Kier molecular flexibility index (Phi) is 3.84. The zero-order valence-corrected chi connectivity index (χ0v) is 12.6. The molecule has 0 unspecified atom stereocenters. The van der Waals surface area contributed by atoms with Crippen LogP contribution in [0.5, 0.6) is 0 Å². The van der Waals surface area contributed by atoms with Crippen LogP contribution in [0.3, 0.4) is 0 Å². The minimum Gasteiger partial charge on any atom is -0.316 e. The highest BCUT2D eigenvalue weighted by atomic mass is 32.2. The van der Waals surface area contributed by atoms with Crippen molar-refractivity contribution in [2.24, 2.45) is 11.8 Å². The summed E-state index contributed by atoms with van der Waals surface area (Å²) in [6.45, 7) is 0.564. The Balaban J connectivity index is 1.83. The highest BCUT2D eigenvalue weighted by Gasteiger charge is 2.43. The van der Waals surface area contributed by atoms with Crippen LogP contribution in [0, 0.1) is 11.8 Å². The topological polar surface area (TPSA) is 58.2 Å². The van der Waals surface area contributed by atoms with Gasteiger partial charge >= 0.3 is 0 Å². The first-order valence-corrected chi connectivity index (χ1v) is 8.85. The molecule has 20 heavy (non-hydrogen) atoms. The number of nitrogens with one attached hydrogen (secondary N) is 2. The maximum atomic E-state index is 12.7. The van der Waals surface area contributed by atoms with Crippen LogP contribution in [0.15, 0.2) is 29.2 Å². The fraction of sp³-hybridized carbons (Fsp3) is 0.600. The van der Waals surface area contributed by atoms with E-state index in [2.05, 4.69) is 10.0 Å². The highest BCUT2D eigenvalue weighted by Crippen LogP contribution is 2.45. The Morgan fingerprint density at radius 2 is 1.75 bits per heavy atom. The molecule has 0 saturated heterocycles. The van der Waals surface area contributed by atoms with Crippen LogP contribution < -0.4 is 10.0 Å². The summed E-state index contributed by atoms with van der Waals surface area (Å²) < 4.78 is 28.3. The number of hydrogen-bond acceptors (Lipinski definition) is 3. The molecular formula is C15H22N2O2S. The van der Waals surface area contributed by atoms with Crippen molar-refractivity contribution in [3.63, 3.8) is 0 Å². The van der Waals surface area contributed by atoms with Crippen LogP contribution in [-0.4, -0.2) is 21.5 Å². The molecule has 4 nitrogen and oxygen atoms in total. The van der Waals surface area contributed by atoms with E-state index in [1.807, 2.05) is 19.2 Å². The summed E-state index contributed by atoms with van der Waals surface area (Å²) >= 11 is 0. The predicted octanol–water partition coefficient (Wildman–Crippen LogP) is 1.87. The van der Waals surface area contributed by atoms with E-state index in [1.165, 1.54) is 25.7 Å². The lowest BCUT2D eigenvalue weighted by Gasteiger charge is -2.19. The van der Waals surface area contributed by atoms with Gasteiger partial charge in [-0.15, -0.1) is 0 Å². The van der Waals surface area contributed by atoms with Crippen LogP contribution in [0.4, 0.5) is 0 Å².